The van der Waals surface area contributed by atoms with E-state index in [9.17, 15) is 9.59 Å². The number of benzene rings is 1. The van der Waals surface area contributed by atoms with Crippen molar-refractivity contribution in [1.82, 2.24) is 25.0 Å². The molecule has 2 amide bonds. The molecule has 0 spiro atoms. The molecule has 2 atom stereocenters. The van der Waals surface area contributed by atoms with Gasteiger partial charge in [-0.15, -0.1) is 0 Å². The summed E-state index contributed by atoms with van der Waals surface area (Å²) in [6.07, 6.45) is 0.250. The first kappa shape index (κ1) is 19.1. The van der Waals surface area contributed by atoms with E-state index in [4.69, 9.17) is 0 Å². The Morgan fingerprint density at radius 3 is 2.63 bits per heavy atom. The SMILES string of the molecule is CCN1C(=O)C[C@@H](C(=O)NCCn2nc(C)nc2C)[C@@H]1c1ccccc1C. The van der Waals surface area contributed by atoms with Crippen molar-refractivity contribution in [2.45, 2.75) is 46.7 Å². The number of likely N-dealkylation sites (tertiary alicyclic amines) is 1. The molecule has 144 valence electrons. The van der Waals surface area contributed by atoms with E-state index in [2.05, 4.69) is 15.4 Å². The van der Waals surface area contributed by atoms with Gasteiger partial charge in [0.15, 0.2) is 0 Å². The van der Waals surface area contributed by atoms with Crippen molar-refractivity contribution in [3.8, 4) is 0 Å². The first-order valence-corrected chi connectivity index (χ1v) is 9.43. The first-order valence-electron chi connectivity index (χ1n) is 9.43. The number of rotatable bonds is 6. The Labute approximate surface area is 159 Å². The van der Waals surface area contributed by atoms with Gasteiger partial charge in [0.1, 0.15) is 11.6 Å². The van der Waals surface area contributed by atoms with E-state index in [0.717, 1.165) is 22.8 Å². The summed E-state index contributed by atoms with van der Waals surface area (Å²) in [5.74, 6) is 1.12. The van der Waals surface area contributed by atoms with Crippen LogP contribution in [-0.2, 0) is 16.1 Å². The molecule has 1 N–H and O–H groups in total. The number of nitrogens with zero attached hydrogens (tertiary/aromatic N) is 4. The first-order chi connectivity index (χ1) is 12.9. The second-order valence-corrected chi connectivity index (χ2v) is 7.01. The minimum atomic E-state index is -0.378. The lowest BCUT2D eigenvalue weighted by molar-refractivity contribution is -0.129. The molecule has 7 heteroatoms. The van der Waals surface area contributed by atoms with E-state index in [-0.39, 0.29) is 30.2 Å². The second kappa shape index (κ2) is 7.90. The summed E-state index contributed by atoms with van der Waals surface area (Å²) < 4.78 is 1.78. The van der Waals surface area contributed by atoms with Gasteiger partial charge in [0.25, 0.3) is 0 Å². The zero-order chi connectivity index (χ0) is 19.6. The van der Waals surface area contributed by atoms with Crippen molar-refractivity contribution in [2.75, 3.05) is 13.1 Å². The predicted octanol–water partition coefficient (Wildman–Crippen LogP) is 1.93. The summed E-state index contributed by atoms with van der Waals surface area (Å²) in [5, 5.41) is 7.30. The fourth-order valence-corrected chi connectivity index (χ4v) is 3.89. The highest BCUT2D eigenvalue weighted by Gasteiger charge is 2.44. The summed E-state index contributed by atoms with van der Waals surface area (Å²) in [4.78, 5) is 31.5. The minimum Gasteiger partial charge on any atom is -0.354 e. The fraction of sp³-hybridized carbons (Fsp3) is 0.500. The third-order valence-corrected chi connectivity index (χ3v) is 5.20. The normalized spacial score (nSPS) is 19.6. The molecule has 1 aromatic carbocycles. The van der Waals surface area contributed by atoms with Crippen LogP contribution in [0.15, 0.2) is 24.3 Å². The van der Waals surface area contributed by atoms with Crippen LogP contribution in [-0.4, -0.2) is 44.6 Å². The molecule has 0 unspecified atom stereocenters. The minimum absolute atomic E-state index is 0.0358. The van der Waals surface area contributed by atoms with Gasteiger partial charge in [0.2, 0.25) is 11.8 Å². The molecular formula is C20H27N5O2. The number of aryl methyl sites for hydroxylation is 3. The third kappa shape index (κ3) is 3.86. The van der Waals surface area contributed by atoms with E-state index in [0.29, 0.717) is 19.6 Å². The number of aromatic nitrogens is 3. The summed E-state index contributed by atoms with van der Waals surface area (Å²) in [5.41, 5.74) is 2.15. The van der Waals surface area contributed by atoms with E-state index in [1.54, 1.807) is 4.68 Å². The van der Waals surface area contributed by atoms with E-state index < -0.39 is 0 Å². The van der Waals surface area contributed by atoms with Crippen LogP contribution in [0.5, 0.6) is 0 Å². The van der Waals surface area contributed by atoms with Crippen molar-refractivity contribution < 1.29 is 9.59 Å². The molecule has 1 aliphatic rings. The molecule has 2 aromatic rings. The van der Waals surface area contributed by atoms with Crippen LogP contribution in [0.25, 0.3) is 0 Å². The lowest BCUT2D eigenvalue weighted by atomic mass is 9.90. The largest absolute Gasteiger partial charge is 0.354 e. The lowest BCUT2D eigenvalue weighted by Crippen LogP contribution is -2.37. The molecule has 2 heterocycles. The molecule has 0 saturated carbocycles. The molecule has 1 aromatic heterocycles. The number of carbonyl (C=O) groups excluding carboxylic acids is 2. The van der Waals surface area contributed by atoms with Gasteiger partial charge < -0.3 is 10.2 Å². The Morgan fingerprint density at radius 2 is 2.00 bits per heavy atom. The summed E-state index contributed by atoms with van der Waals surface area (Å²) >= 11 is 0. The van der Waals surface area contributed by atoms with Crippen LogP contribution in [0.4, 0.5) is 0 Å². The molecule has 0 bridgehead atoms. The molecule has 0 aliphatic carbocycles. The molecule has 1 saturated heterocycles. The Morgan fingerprint density at radius 1 is 1.26 bits per heavy atom. The maximum Gasteiger partial charge on any atom is 0.226 e. The number of hydrogen-bond donors (Lipinski definition) is 1. The molecule has 1 aliphatic heterocycles. The van der Waals surface area contributed by atoms with Gasteiger partial charge in [-0.2, -0.15) is 5.10 Å². The van der Waals surface area contributed by atoms with Crippen LogP contribution < -0.4 is 5.32 Å². The van der Waals surface area contributed by atoms with Crippen LogP contribution in [0.2, 0.25) is 0 Å². The Bertz CT molecular complexity index is 845. The highest BCUT2D eigenvalue weighted by Crippen LogP contribution is 2.39. The highest BCUT2D eigenvalue weighted by molar-refractivity contribution is 5.90. The average Bonchev–Trinajstić information content (AvgIpc) is 3.13. The molecule has 3 rings (SSSR count). The van der Waals surface area contributed by atoms with Crippen LogP contribution in [0.3, 0.4) is 0 Å². The standard InChI is InChI=1S/C20H27N5O2/c1-5-24-18(26)12-17(19(24)16-9-7-6-8-13(16)2)20(27)21-10-11-25-15(4)22-14(3)23-25/h6-9,17,19H,5,10-12H2,1-4H3,(H,21,27)/t17-,19+/m1/s1. The van der Waals surface area contributed by atoms with Gasteiger partial charge >= 0.3 is 0 Å². The van der Waals surface area contributed by atoms with Crippen LogP contribution in [0, 0.1) is 26.7 Å². The Balaban J connectivity index is 1.73. The predicted molar refractivity (Wildman–Crippen MR) is 102 cm³/mol. The van der Waals surface area contributed by atoms with Crippen LogP contribution in [0.1, 0.15) is 42.2 Å². The summed E-state index contributed by atoms with van der Waals surface area (Å²) in [7, 11) is 0. The Hall–Kier alpha value is -2.70. The number of amides is 2. The topological polar surface area (TPSA) is 80.1 Å². The molecule has 1 fully saturated rings. The average molecular weight is 369 g/mol. The monoisotopic (exact) mass is 369 g/mol. The number of nitrogens with one attached hydrogen (secondary N) is 1. The van der Waals surface area contributed by atoms with Gasteiger partial charge in [-0.05, 0) is 38.8 Å². The van der Waals surface area contributed by atoms with Gasteiger partial charge in [-0.3, -0.25) is 9.59 Å². The van der Waals surface area contributed by atoms with Crippen molar-refractivity contribution in [1.29, 1.82) is 0 Å². The molecular weight excluding hydrogens is 342 g/mol. The zero-order valence-corrected chi connectivity index (χ0v) is 16.4. The maximum absolute atomic E-state index is 12.9. The van der Waals surface area contributed by atoms with Gasteiger partial charge in [0.05, 0.1) is 18.5 Å². The quantitative estimate of drug-likeness (QED) is 0.844. The van der Waals surface area contributed by atoms with Gasteiger partial charge in [-0.25, -0.2) is 9.67 Å². The van der Waals surface area contributed by atoms with E-state index >= 15 is 0 Å². The maximum atomic E-state index is 12.9. The van der Waals surface area contributed by atoms with Gasteiger partial charge in [0, 0.05) is 19.5 Å². The Kier molecular flexibility index (Phi) is 5.58. The van der Waals surface area contributed by atoms with E-state index in [1.807, 2.05) is 56.9 Å². The number of hydrogen-bond acceptors (Lipinski definition) is 4. The molecule has 0 radical (unpaired) electrons. The number of carbonyl (C=O) groups is 2. The van der Waals surface area contributed by atoms with Gasteiger partial charge in [-0.1, -0.05) is 24.3 Å². The highest BCUT2D eigenvalue weighted by atomic mass is 16.2. The molecule has 7 nitrogen and oxygen atoms in total. The van der Waals surface area contributed by atoms with Crippen molar-refractivity contribution in [3.05, 3.63) is 47.0 Å². The third-order valence-electron chi connectivity index (χ3n) is 5.20. The lowest BCUT2D eigenvalue weighted by Gasteiger charge is -2.28. The smallest absolute Gasteiger partial charge is 0.226 e. The summed E-state index contributed by atoms with van der Waals surface area (Å²) in [6.45, 7) is 9.34. The molecule has 27 heavy (non-hydrogen) atoms. The summed E-state index contributed by atoms with van der Waals surface area (Å²) in [6, 6.07) is 7.77. The van der Waals surface area contributed by atoms with Crippen molar-refractivity contribution in [3.63, 3.8) is 0 Å². The van der Waals surface area contributed by atoms with Crippen molar-refractivity contribution in [2.24, 2.45) is 5.92 Å². The van der Waals surface area contributed by atoms with Crippen molar-refractivity contribution >= 4 is 11.8 Å². The van der Waals surface area contributed by atoms with E-state index in [1.165, 1.54) is 0 Å². The zero-order valence-electron chi connectivity index (χ0n) is 16.4. The second-order valence-electron chi connectivity index (χ2n) is 7.01. The van der Waals surface area contributed by atoms with Crippen LogP contribution >= 0.6 is 0 Å². The fourth-order valence-electron chi connectivity index (χ4n) is 3.89.